The lowest BCUT2D eigenvalue weighted by atomic mass is 10.0. The van der Waals surface area contributed by atoms with Crippen LogP contribution in [0, 0.1) is 13.8 Å². The van der Waals surface area contributed by atoms with Crippen LogP contribution in [0.5, 0.6) is 0 Å². The predicted octanol–water partition coefficient (Wildman–Crippen LogP) is 7.62. The number of rotatable bonds is 7. The molecular weight excluding hydrogens is 562 g/mol. The van der Waals surface area contributed by atoms with Gasteiger partial charge in [0.05, 0.1) is 16.8 Å². The number of hydrogen-bond donors (Lipinski definition) is 2. The van der Waals surface area contributed by atoms with Gasteiger partial charge in [0.2, 0.25) is 11.9 Å². The van der Waals surface area contributed by atoms with E-state index in [4.69, 9.17) is 0 Å². The van der Waals surface area contributed by atoms with Gasteiger partial charge in [0.1, 0.15) is 0 Å². The van der Waals surface area contributed by atoms with Gasteiger partial charge in [0, 0.05) is 29.4 Å². The molecule has 0 unspecified atom stereocenters. The quantitative estimate of drug-likeness (QED) is 0.218. The number of carbonyl (C=O) groups excluding carboxylic acids is 2. The number of benzene rings is 3. The summed E-state index contributed by atoms with van der Waals surface area (Å²) in [7, 11) is 0. The second-order valence-corrected chi connectivity index (χ2v) is 9.59. The summed E-state index contributed by atoms with van der Waals surface area (Å²) in [5.41, 5.74) is 0.129. The molecule has 0 aliphatic heterocycles. The Labute approximate surface area is 236 Å². The van der Waals surface area contributed by atoms with Crippen molar-refractivity contribution in [2.45, 2.75) is 39.0 Å². The van der Waals surface area contributed by atoms with E-state index in [0.29, 0.717) is 41.1 Å². The zero-order valence-electron chi connectivity index (χ0n) is 22.3. The molecule has 218 valence electrons. The Morgan fingerprint density at radius 1 is 0.810 bits per heavy atom. The van der Waals surface area contributed by atoms with Crippen LogP contribution >= 0.6 is 0 Å². The monoisotopic (exact) mass is 586 g/mol. The van der Waals surface area contributed by atoms with E-state index in [2.05, 4.69) is 20.6 Å². The Hall–Kier alpha value is -4.74. The molecule has 4 rings (SSSR count). The van der Waals surface area contributed by atoms with E-state index in [1.807, 2.05) is 31.2 Å². The summed E-state index contributed by atoms with van der Waals surface area (Å²) in [6, 6.07) is 15.1. The molecule has 0 aliphatic carbocycles. The third-order valence-corrected chi connectivity index (χ3v) is 6.21. The highest BCUT2D eigenvalue weighted by atomic mass is 19.4. The lowest BCUT2D eigenvalue weighted by Crippen LogP contribution is -2.18. The van der Waals surface area contributed by atoms with Crippen LogP contribution in [0.4, 0.5) is 38.0 Å². The Kier molecular flexibility index (Phi) is 8.64. The van der Waals surface area contributed by atoms with Crippen LogP contribution in [0.15, 0.2) is 72.9 Å². The van der Waals surface area contributed by atoms with E-state index < -0.39 is 35.0 Å². The van der Waals surface area contributed by atoms with Gasteiger partial charge in [0.25, 0.3) is 5.91 Å². The number of aryl methyl sites for hydroxylation is 3. The fourth-order valence-corrected chi connectivity index (χ4v) is 4.11. The van der Waals surface area contributed by atoms with Gasteiger partial charge in [-0.1, -0.05) is 42.0 Å². The van der Waals surface area contributed by atoms with Gasteiger partial charge in [-0.3, -0.25) is 14.9 Å². The van der Waals surface area contributed by atoms with E-state index in [-0.39, 0.29) is 24.3 Å². The molecule has 0 spiro atoms. The maximum Gasteiger partial charge on any atom is 0.416 e. The third kappa shape index (κ3) is 7.71. The molecule has 0 saturated carbocycles. The van der Waals surface area contributed by atoms with Gasteiger partial charge in [0.15, 0.2) is 0 Å². The average Bonchev–Trinajstić information content (AvgIpc) is 2.92. The summed E-state index contributed by atoms with van der Waals surface area (Å²) < 4.78 is 79.1. The van der Waals surface area contributed by atoms with E-state index in [1.165, 1.54) is 6.20 Å². The summed E-state index contributed by atoms with van der Waals surface area (Å²) in [6.45, 7) is 3.66. The first kappa shape index (κ1) is 30.2. The molecule has 0 saturated heterocycles. The smallest absolute Gasteiger partial charge is 0.326 e. The van der Waals surface area contributed by atoms with Gasteiger partial charge in [-0.2, -0.15) is 26.3 Å². The highest BCUT2D eigenvalue weighted by Crippen LogP contribution is 2.36. The SMILES string of the molecule is Cc1cccc(CCC(=O)Nc2ccc(-c3nc(NC(=O)c4cc(C(F)(F)F)cc(C(F)(F)F)c4)ncc3C)cc2)c1. The molecule has 4 aromatic rings. The van der Waals surface area contributed by atoms with Crippen molar-refractivity contribution in [3.63, 3.8) is 0 Å². The molecule has 1 aromatic heterocycles. The molecule has 6 nitrogen and oxygen atoms in total. The van der Waals surface area contributed by atoms with Crippen molar-refractivity contribution >= 4 is 23.5 Å². The molecule has 12 heteroatoms. The zero-order chi connectivity index (χ0) is 30.7. The van der Waals surface area contributed by atoms with Crippen LogP contribution in [0.1, 0.15) is 44.6 Å². The summed E-state index contributed by atoms with van der Waals surface area (Å²) in [6.07, 6.45) is -7.98. The van der Waals surface area contributed by atoms with Crippen LogP contribution in [0.3, 0.4) is 0 Å². The first-order valence-electron chi connectivity index (χ1n) is 12.6. The minimum absolute atomic E-state index is 0.0620. The van der Waals surface area contributed by atoms with E-state index >= 15 is 0 Å². The van der Waals surface area contributed by atoms with E-state index in [0.717, 1.165) is 11.1 Å². The number of anilines is 2. The van der Waals surface area contributed by atoms with Crippen molar-refractivity contribution in [1.29, 1.82) is 0 Å². The normalized spacial score (nSPS) is 11.7. The molecule has 0 radical (unpaired) electrons. The van der Waals surface area contributed by atoms with Crippen LogP contribution < -0.4 is 10.6 Å². The average molecular weight is 587 g/mol. The number of aromatic nitrogens is 2. The van der Waals surface area contributed by atoms with Crippen molar-refractivity contribution in [1.82, 2.24) is 9.97 Å². The minimum Gasteiger partial charge on any atom is -0.326 e. The van der Waals surface area contributed by atoms with E-state index in [9.17, 15) is 35.9 Å². The van der Waals surface area contributed by atoms with Crippen LogP contribution in [0.25, 0.3) is 11.3 Å². The van der Waals surface area contributed by atoms with Gasteiger partial charge in [-0.25, -0.2) is 9.97 Å². The fraction of sp³-hybridized carbons (Fsp3) is 0.200. The first-order valence-corrected chi connectivity index (χ1v) is 12.6. The van der Waals surface area contributed by atoms with E-state index in [1.54, 1.807) is 31.2 Å². The van der Waals surface area contributed by atoms with Crippen molar-refractivity contribution in [3.8, 4) is 11.3 Å². The van der Waals surface area contributed by atoms with Gasteiger partial charge < -0.3 is 5.32 Å². The number of amides is 2. The Morgan fingerprint density at radius 3 is 2.05 bits per heavy atom. The largest absolute Gasteiger partial charge is 0.416 e. The van der Waals surface area contributed by atoms with Crippen molar-refractivity contribution in [2.75, 3.05) is 10.6 Å². The molecule has 0 fully saturated rings. The number of alkyl halides is 6. The highest BCUT2D eigenvalue weighted by Gasteiger charge is 2.37. The first-order chi connectivity index (χ1) is 19.7. The van der Waals surface area contributed by atoms with Gasteiger partial charge in [-0.05, 0) is 61.7 Å². The van der Waals surface area contributed by atoms with Crippen LogP contribution in [-0.4, -0.2) is 21.8 Å². The van der Waals surface area contributed by atoms with Crippen molar-refractivity contribution in [2.24, 2.45) is 0 Å². The molecule has 2 N–H and O–H groups in total. The van der Waals surface area contributed by atoms with Crippen molar-refractivity contribution < 1.29 is 35.9 Å². The van der Waals surface area contributed by atoms with Gasteiger partial charge in [-0.15, -0.1) is 0 Å². The summed E-state index contributed by atoms with van der Waals surface area (Å²) >= 11 is 0. The molecular formula is C30H24F6N4O2. The molecule has 2 amide bonds. The fourth-order valence-electron chi connectivity index (χ4n) is 4.11. The van der Waals surface area contributed by atoms with Crippen LogP contribution in [0.2, 0.25) is 0 Å². The molecule has 1 heterocycles. The van der Waals surface area contributed by atoms with Crippen LogP contribution in [-0.2, 0) is 23.6 Å². The maximum absolute atomic E-state index is 13.2. The molecule has 42 heavy (non-hydrogen) atoms. The molecule has 0 atom stereocenters. The predicted molar refractivity (Wildman–Crippen MR) is 145 cm³/mol. The maximum atomic E-state index is 13.2. The number of carbonyl (C=O) groups is 2. The Morgan fingerprint density at radius 2 is 1.45 bits per heavy atom. The molecule has 0 aliphatic rings. The minimum atomic E-state index is -5.10. The lowest BCUT2D eigenvalue weighted by Gasteiger charge is -2.14. The standard InChI is InChI=1S/C30H24F6N4O2/c1-17-4-3-5-19(12-17)6-11-25(41)38-24-9-7-20(8-10-24)26-18(2)16-37-28(39-26)40-27(42)21-13-22(29(31,32)33)15-23(14-21)30(34,35)36/h3-5,7-10,12-16H,6,11H2,1-2H3,(H,38,41)(H,37,39,40,42). The zero-order valence-corrected chi connectivity index (χ0v) is 22.3. The number of hydrogen-bond acceptors (Lipinski definition) is 4. The molecule has 3 aromatic carbocycles. The topological polar surface area (TPSA) is 84.0 Å². The second-order valence-electron chi connectivity index (χ2n) is 9.59. The Balaban J connectivity index is 1.47. The summed E-state index contributed by atoms with van der Waals surface area (Å²) in [5.74, 6) is -1.74. The Bertz CT molecular complexity index is 1580. The summed E-state index contributed by atoms with van der Waals surface area (Å²) in [5, 5.41) is 4.99. The second kappa shape index (κ2) is 12.0. The number of nitrogens with zero attached hydrogens (tertiary/aromatic N) is 2. The number of nitrogens with one attached hydrogen (secondary N) is 2. The number of halogens is 6. The molecule has 0 bridgehead atoms. The third-order valence-electron chi connectivity index (χ3n) is 6.21. The summed E-state index contributed by atoms with van der Waals surface area (Å²) in [4.78, 5) is 33.2. The van der Waals surface area contributed by atoms with Crippen molar-refractivity contribution in [3.05, 3.63) is 106 Å². The van der Waals surface area contributed by atoms with Gasteiger partial charge >= 0.3 is 12.4 Å². The highest BCUT2D eigenvalue weighted by molar-refractivity contribution is 6.03. The lowest BCUT2D eigenvalue weighted by molar-refractivity contribution is -0.143.